The summed E-state index contributed by atoms with van der Waals surface area (Å²) in [5.41, 5.74) is 8.36. The van der Waals surface area contributed by atoms with Crippen LogP contribution in [0.5, 0.6) is 0 Å². The molecule has 2 N–H and O–H groups in total. The van der Waals surface area contributed by atoms with E-state index in [1.807, 2.05) is 12.1 Å². The Morgan fingerprint density at radius 2 is 1.94 bits per heavy atom. The van der Waals surface area contributed by atoms with Crippen LogP contribution in [0, 0.1) is 5.41 Å². The second-order valence-electron chi connectivity index (χ2n) is 5.73. The summed E-state index contributed by atoms with van der Waals surface area (Å²) in [6, 6.07) is 6.03. The maximum Gasteiger partial charge on any atom is 0.0426 e. The van der Waals surface area contributed by atoms with Gasteiger partial charge in [0.2, 0.25) is 0 Å². The maximum atomic E-state index is 6.07. The van der Waals surface area contributed by atoms with E-state index >= 15 is 0 Å². The Labute approximate surface area is 110 Å². The van der Waals surface area contributed by atoms with Gasteiger partial charge >= 0.3 is 0 Å². The Balaban J connectivity index is 2.97. The number of hydrogen-bond donors (Lipinski definition) is 1. The number of benzene rings is 1. The van der Waals surface area contributed by atoms with Crippen molar-refractivity contribution in [2.45, 2.75) is 27.2 Å². The van der Waals surface area contributed by atoms with Crippen molar-refractivity contribution >= 4 is 17.3 Å². The van der Waals surface area contributed by atoms with Crippen LogP contribution in [-0.4, -0.2) is 20.1 Å². The average molecular weight is 255 g/mol. The predicted molar refractivity (Wildman–Crippen MR) is 76.9 cm³/mol. The third kappa shape index (κ3) is 4.57. The van der Waals surface area contributed by atoms with E-state index in [1.165, 1.54) is 11.3 Å². The van der Waals surface area contributed by atoms with Crippen LogP contribution in [0.3, 0.4) is 0 Å². The molecule has 0 fully saturated rings. The quantitative estimate of drug-likeness (QED) is 0.893. The second-order valence-corrected chi connectivity index (χ2v) is 6.16. The molecule has 3 heteroatoms. The first-order chi connectivity index (χ1) is 7.83. The Bertz CT molecular complexity index is 369. The van der Waals surface area contributed by atoms with Gasteiger partial charge in [0.05, 0.1) is 0 Å². The molecule has 0 aliphatic rings. The zero-order chi connectivity index (χ0) is 13.1. The minimum Gasteiger partial charge on any atom is -0.374 e. The van der Waals surface area contributed by atoms with Crippen molar-refractivity contribution in [3.63, 3.8) is 0 Å². The zero-order valence-corrected chi connectivity index (χ0v) is 12.0. The summed E-state index contributed by atoms with van der Waals surface area (Å²) in [4.78, 5) is 2.26. The lowest BCUT2D eigenvalue weighted by atomic mass is 9.95. The fraction of sp³-hybridized carbons (Fsp3) is 0.571. The molecule has 2 nitrogen and oxygen atoms in total. The molecule has 17 heavy (non-hydrogen) atoms. The molecular formula is C14H23ClN2. The van der Waals surface area contributed by atoms with Gasteiger partial charge in [-0.15, -0.1) is 0 Å². The van der Waals surface area contributed by atoms with Crippen LogP contribution < -0.4 is 10.6 Å². The maximum absolute atomic E-state index is 6.07. The van der Waals surface area contributed by atoms with Crippen molar-refractivity contribution in [2.24, 2.45) is 11.1 Å². The largest absolute Gasteiger partial charge is 0.374 e. The highest BCUT2D eigenvalue weighted by Crippen LogP contribution is 2.27. The van der Waals surface area contributed by atoms with Crippen molar-refractivity contribution < 1.29 is 0 Å². The molecule has 0 aromatic heterocycles. The van der Waals surface area contributed by atoms with Gasteiger partial charge < -0.3 is 10.6 Å². The molecule has 0 aliphatic heterocycles. The van der Waals surface area contributed by atoms with Crippen molar-refractivity contribution in [1.29, 1.82) is 0 Å². The molecule has 0 radical (unpaired) electrons. The smallest absolute Gasteiger partial charge is 0.0426 e. The van der Waals surface area contributed by atoms with Gasteiger partial charge in [-0.2, -0.15) is 0 Å². The minimum absolute atomic E-state index is 0.261. The number of nitrogens with zero attached hydrogens (tertiary/aromatic N) is 1. The first-order valence-electron chi connectivity index (χ1n) is 6.03. The van der Waals surface area contributed by atoms with Crippen LogP contribution >= 0.6 is 11.6 Å². The molecule has 0 spiro atoms. The van der Waals surface area contributed by atoms with Gasteiger partial charge in [0, 0.05) is 24.3 Å². The van der Waals surface area contributed by atoms with Gasteiger partial charge in [0.25, 0.3) is 0 Å². The molecule has 0 heterocycles. The van der Waals surface area contributed by atoms with E-state index in [0.29, 0.717) is 6.54 Å². The van der Waals surface area contributed by atoms with Crippen LogP contribution in [0.25, 0.3) is 0 Å². The Morgan fingerprint density at radius 3 is 2.47 bits per heavy atom. The van der Waals surface area contributed by atoms with Crippen molar-refractivity contribution in [3.05, 3.63) is 28.8 Å². The number of hydrogen-bond acceptors (Lipinski definition) is 2. The minimum atomic E-state index is 0.261. The first-order valence-corrected chi connectivity index (χ1v) is 6.41. The van der Waals surface area contributed by atoms with E-state index in [2.05, 4.69) is 38.8 Å². The predicted octanol–water partition coefficient (Wildman–Crippen LogP) is 3.32. The lowest BCUT2D eigenvalue weighted by Gasteiger charge is -2.30. The van der Waals surface area contributed by atoms with Crippen molar-refractivity contribution in [2.75, 3.05) is 25.0 Å². The normalized spacial score (nSPS) is 11.6. The van der Waals surface area contributed by atoms with Crippen LogP contribution in [-0.2, 0) is 6.42 Å². The molecule has 0 aliphatic carbocycles. The highest BCUT2D eigenvalue weighted by Gasteiger charge is 2.16. The van der Waals surface area contributed by atoms with E-state index in [0.717, 1.165) is 18.0 Å². The molecular weight excluding hydrogens is 232 g/mol. The molecule has 1 aromatic rings. The monoisotopic (exact) mass is 254 g/mol. The summed E-state index contributed by atoms with van der Waals surface area (Å²) in [6.07, 6.45) is 0.890. The molecule has 96 valence electrons. The highest BCUT2D eigenvalue weighted by molar-refractivity contribution is 6.30. The number of anilines is 1. The molecule has 0 saturated heterocycles. The van der Waals surface area contributed by atoms with Gasteiger partial charge in [0.15, 0.2) is 0 Å². The van der Waals surface area contributed by atoms with Crippen LogP contribution in [0.15, 0.2) is 18.2 Å². The number of rotatable bonds is 4. The Hall–Kier alpha value is -0.730. The summed E-state index contributed by atoms with van der Waals surface area (Å²) in [7, 11) is 2.11. The van der Waals surface area contributed by atoms with Crippen LogP contribution in [0.1, 0.15) is 26.3 Å². The van der Waals surface area contributed by atoms with Crippen molar-refractivity contribution in [3.8, 4) is 0 Å². The molecule has 0 saturated carbocycles. The summed E-state index contributed by atoms with van der Waals surface area (Å²) >= 11 is 6.07. The van der Waals surface area contributed by atoms with E-state index in [4.69, 9.17) is 17.3 Å². The Kier molecular flexibility index (Phi) is 4.84. The van der Waals surface area contributed by atoms with Gasteiger partial charge in [0.1, 0.15) is 0 Å². The van der Waals surface area contributed by atoms with E-state index in [9.17, 15) is 0 Å². The van der Waals surface area contributed by atoms with Crippen LogP contribution in [0.2, 0.25) is 5.02 Å². The lowest BCUT2D eigenvalue weighted by Crippen LogP contribution is -2.30. The molecule has 0 atom stereocenters. The fourth-order valence-corrected chi connectivity index (χ4v) is 2.22. The molecule has 1 rings (SSSR count). The highest BCUT2D eigenvalue weighted by atomic mass is 35.5. The van der Waals surface area contributed by atoms with Gasteiger partial charge in [-0.1, -0.05) is 38.4 Å². The third-order valence-corrected chi connectivity index (χ3v) is 2.82. The van der Waals surface area contributed by atoms with E-state index < -0.39 is 0 Å². The molecule has 0 unspecified atom stereocenters. The summed E-state index contributed by atoms with van der Waals surface area (Å²) in [5.74, 6) is 0. The zero-order valence-electron chi connectivity index (χ0n) is 11.3. The van der Waals surface area contributed by atoms with Gasteiger partial charge in [-0.05, 0) is 36.1 Å². The SMILES string of the molecule is CN(CC(C)(C)C)c1cc(Cl)ccc1CCN. The third-order valence-electron chi connectivity index (χ3n) is 2.58. The van der Waals surface area contributed by atoms with Gasteiger partial charge in [-0.3, -0.25) is 0 Å². The number of nitrogens with two attached hydrogens (primary N) is 1. The first kappa shape index (κ1) is 14.3. The van der Waals surface area contributed by atoms with E-state index in [1.54, 1.807) is 0 Å². The second kappa shape index (κ2) is 5.74. The average Bonchev–Trinajstić information content (AvgIpc) is 2.18. The molecule has 0 bridgehead atoms. The van der Waals surface area contributed by atoms with Crippen molar-refractivity contribution in [1.82, 2.24) is 0 Å². The molecule has 1 aromatic carbocycles. The number of halogens is 1. The topological polar surface area (TPSA) is 29.3 Å². The summed E-state index contributed by atoms with van der Waals surface area (Å²) < 4.78 is 0. The lowest BCUT2D eigenvalue weighted by molar-refractivity contribution is 0.418. The standard InChI is InChI=1S/C14H23ClN2/c1-14(2,3)10-17(4)13-9-12(15)6-5-11(13)7-8-16/h5-6,9H,7-8,10,16H2,1-4H3. The summed E-state index contributed by atoms with van der Waals surface area (Å²) in [6.45, 7) is 8.35. The summed E-state index contributed by atoms with van der Waals surface area (Å²) in [5, 5.41) is 0.779. The van der Waals surface area contributed by atoms with Gasteiger partial charge in [-0.25, -0.2) is 0 Å². The fourth-order valence-electron chi connectivity index (χ4n) is 2.06. The van der Waals surface area contributed by atoms with Crippen LogP contribution in [0.4, 0.5) is 5.69 Å². The Morgan fingerprint density at radius 1 is 1.29 bits per heavy atom. The molecule has 0 amide bonds. The van der Waals surface area contributed by atoms with E-state index in [-0.39, 0.29) is 5.41 Å².